The summed E-state index contributed by atoms with van der Waals surface area (Å²) in [6, 6.07) is 4.99. The third-order valence-electron chi connectivity index (χ3n) is 7.20. The maximum atomic E-state index is 14.9. The normalized spacial score (nSPS) is 13.0. The van der Waals surface area contributed by atoms with Crippen molar-refractivity contribution in [2.24, 2.45) is 0 Å². The molecule has 0 aliphatic carbocycles. The second-order valence-corrected chi connectivity index (χ2v) is 17.7. The first kappa shape index (κ1) is 36.2. The predicted molar refractivity (Wildman–Crippen MR) is 164 cm³/mol. The van der Waals surface area contributed by atoms with Gasteiger partial charge in [0.2, 0.25) is 0 Å². The summed E-state index contributed by atoms with van der Waals surface area (Å²) >= 11 is 0. The summed E-state index contributed by atoms with van der Waals surface area (Å²) < 4.78 is 102. The number of halogens is 7. The zero-order chi connectivity index (χ0) is 35.4. The zero-order valence-corrected chi connectivity index (χ0v) is 26.9. The summed E-state index contributed by atoms with van der Waals surface area (Å²) in [5.74, 6) is -1.26. The second-order valence-electron chi connectivity index (χ2n) is 12.1. The Morgan fingerprint density at radius 2 is 1.71 bits per heavy atom. The Bertz CT molecular complexity index is 1930. The molecule has 48 heavy (non-hydrogen) atoms. The quantitative estimate of drug-likeness (QED) is 0.104. The largest absolute Gasteiger partial charge is 0.423 e. The van der Waals surface area contributed by atoms with E-state index in [9.17, 15) is 45.6 Å². The van der Waals surface area contributed by atoms with Crippen LogP contribution in [0.4, 0.5) is 36.4 Å². The van der Waals surface area contributed by atoms with Crippen molar-refractivity contribution in [1.29, 1.82) is 5.26 Å². The van der Waals surface area contributed by atoms with Crippen molar-refractivity contribution in [3.8, 4) is 17.5 Å². The first-order valence-corrected chi connectivity index (χ1v) is 18.2. The summed E-state index contributed by atoms with van der Waals surface area (Å²) in [6.45, 7) is 6.08. The SMILES string of the molecule is C[Si](C)(C)CCOCn1ncc(NC(C#N)CCCn2ccc3cc(-c4ncc(C(F)(F)F)cn4)c(F)cc3c2=O)c(C(F)(F)F)c1=O. The molecule has 0 aliphatic heterocycles. The van der Waals surface area contributed by atoms with Crippen LogP contribution in [0.15, 0.2) is 52.6 Å². The number of rotatable bonds is 12. The van der Waals surface area contributed by atoms with Gasteiger partial charge in [0.25, 0.3) is 11.1 Å². The van der Waals surface area contributed by atoms with E-state index in [1.165, 1.54) is 22.9 Å². The molecule has 0 bridgehead atoms. The molecule has 0 saturated carbocycles. The highest BCUT2D eigenvalue weighted by Crippen LogP contribution is 2.33. The van der Waals surface area contributed by atoms with Crippen LogP contribution in [-0.4, -0.2) is 45.0 Å². The van der Waals surface area contributed by atoms with Crippen LogP contribution in [0.5, 0.6) is 0 Å². The fraction of sp³-hybridized carbons (Fsp3) is 0.400. The van der Waals surface area contributed by atoms with Crippen LogP contribution in [0, 0.1) is 17.1 Å². The molecule has 0 aliphatic rings. The van der Waals surface area contributed by atoms with Crippen LogP contribution in [-0.2, 0) is 30.4 Å². The van der Waals surface area contributed by atoms with Gasteiger partial charge in [0.1, 0.15) is 24.2 Å². The molecule has 0 fully saturated rings. The van der Waals surface area contributed by atoms with Gasteiger partial charge >= 0.3 is 12.4 Å². The van der Waals surface area contributed by atoms with Gasteiger partial charge < -0.3 is 14.6 Å². The van der Waals surface area contributed by atoms with E-state index in [-0.39, 0.29) is 48.2 Å². The van der Waals surface area contributed by atoms with Crippen LogP contribution in [0.25, 0.3) is 22.2 Å². The zero-order valence-electron chi connectivity index (χ0n) is 25.9. The number of hydrogen-bond acceptors (Lipinski definition) is 8. The number of aryl methyl sites for hydroxylation is 1. The van der Waals surface area contributed by atoms with Crippen LogP contribution in [0.2, 0.25) is 25.7 Å². The molecule has 0 amide bonds. The Kier molecular flexibility index (Phi) is 10.7. The van der Waals surface area contributed by atoms with Gasteiger partial charge in [0.15, 0.2) is 5.82 Å². The number of nitrogens with one attached hydrogen (secondary N) is 1. The lowest BCUT2D eigenvalue weighted by Crippen LogP contribution is -2.34. The molecule has 1 atom stereocenters. The maximum Gasteiger partial charge on any atom is 0.423 e. The topological polar surface area (TPSA) is 128 Å². The number of fused-ring (bicyclic) bond motifs is 1. The Labute approximate surface area is 269 Å². The molecule has 256 valence electrons. The molecule has 10 nitrogen and oxygen atoms in total. The van der Waals surface area contributed by atoms with Gasteiger partial charge in [0, 0.05) is 39.8 Å². The first-order chi connectivity index (χ1) is 22.4. The molecule has 18 heteroatoms. The molecule has 1 unspecified atom stereocenters. The van der Waals surface area contributed by atoms with Gasteiger partial charge in [-0.3, -0.25) is 9.59 Å². The third kappa shape index (κ3) is 8.83. The number of benzene rings is 1. The lowest BCUT2D eigenvalue weighted by Gasteiger charge is -2.19. The van der Waals surface area contributed by atoms with Crippen molar-refractivity contribution in [1.82, 2.24) is 24.3 Å². The summed E-state index contributed by atoms with van der Waals surface area (Å²) in [4.78, 5) is 32.9. The van der Waals surface area contributed by atoms with E-state index in [0.29, 0.717) is 17.1 Å². The lowest BCUT2D eigenvalue weighted by molar-refractivity contribution is -0.139. The number of aromatic nitrogens is 5. The fourth-order valence-corrected chi connectivity index (χ4v) is 5.34. The van der Waals surface area contributed by atoms with Crippen LogP contribution in [0.1, 0.15) is 24.0 Å². The van der Waals surface area contributed by atoms with E-state index < -0.39 is 66.9 Å². The molecule has 0 spiro atoms. The van der Waals surface area contributed by atoms with Gasteiger partial charge in [-0.15, -0.1) is 0 Å². The third-order valence-corrected chi connectivity index (χ3v) is 8.90. The first-order valence-electron chi connectivity index (χ1n) is 14.5. The van der Waals surface area contributed by atoms with Crippen LogP contribution >= 0.6 is 0 Å². The molecule has 3 heterocycles. The Hall–Kier alpha value is -4.63. The average molecular weight is 698 g/mol. The molecule has 4 rings (SSSR count). The highest BCUT2D eigenvalue weighted by Gasteiger charge is 2.39. The lowest BCUT2D eigenvalue weighted by atomic mass is 10.1. The van der Waals surface area contributed by atoms with E-state index in [2.05, 4.69) is 40.0 Å². The van der Waals surface area contributed by atoms with Crippen molar-refractivity contribution in [2.75, 3.05) is 11.9 Å². The van der Waals surface area contributed by atoms with Crippen molar-refractivity contribution >= 4 is 24.5 Å². The Morgan fingerprint density at radius 1 is 1.02 bits per heavy atom. The fourth-order valence-electron chi connectivity index (χ4n) is 4.58. The minimum absolute atomic E-state index is 0.000748. The van der Waals surface area contributed by atoms with Gasteiger partial charge in [-0.1, -0.05) is 19.6 Å². The van der Waals surface area contributed by atoms with Crippen LogP contribution < -0.4 is 16.4 Å². The van der Waals surface area contributed by atoms with Crippen molar-refractivity contribution in [2.45, 2.75) is 70.2 Å². The maximum absolute atomic E-state index is 14.9. The number of nitriles is 1. The molecule has 1 N–H and O–H groups in total. The highest BCUT2D eigenvalue weighted by molar-refractivity contribution is 6.76. The van der Waals surface area contributed by atoms with E-state index in [0.717, 1.165) is 18.3 Å². The number of hydrogen-bond donors (Lipinski definition) is 1. The molecule has 0 saturated heterocycles. The highest BCUT2D eigenvalue weighted by atomic mass is 28.3. The number of ether oxygens (including phenoxy) is 1. The molecule has 1 aromatic carbocycles. The average Bonchev–Trinajstić information content (AvgIpc) is 2.99. The van der Waals surface area contributed by atoms with E-state index >= 15 is 0 Å². The van der Waals surface area contributed by atoms with Gasteiger partial charge in [-0.2, -0.15) is 36.7 Å². The van der Waals surface area contributed by atoms with Gasteiger partial charge in [-0.25, -0.2) is 19.0 Å². The number of alkyl halides is 6. The predicted octanol–water partition coefficient (Wildman–Crippen LogP) is 6.29. The molecular weight excluding hydrogens is 667 g/mol. The van der Waals surface area contributed by atoms with Crippen molar-refractivity contribution in [3.05, 3.63) is 80.6 Å². The van der Waals surface area contributed by atoms with E-state index in [1.54, 1.807) is 0 Å². The standard InChI is InChI=1S/C30H30F7N7O3Si/c1-48(2,3)10-9-47-17-44-28(46)25(30(35,36)37)24(16-41-44)42-20(13-38)5-4-7-43-8-6-18-11-22(23(31)12-21(18)27(43)45)26-39-14-19(15-40-26)29(32,33)34/h6,8,11-12,14-16,20,42H,4-5,7,9-10,17H2,1-3H3. The minimum Gasteiger partial charge on any atom is -0.368 e. The van der Waals surface area contributed by atoms with E-state index in [1.807, 2.05) is 6.07 Å². The molecule has 0 radical (unpaired) electrons. The summed E-state index contributed by atoms with van der Waals surface area (Å²) in [5.41, 5.74) is -5.58. The second kappa shape index (κ2) is 14.2. The Morgan fingerprint density at radius 3 is 2.31 bits per heavy atom. The number of pyridine rings is 1. The van der Waals surface area contributed by atoms with Crippen LogP contribution in [0.3, 0.4) is 0 Å². The summed E-state index contributed by atoms with van der Waals surface area (Å²) in [7, 11) is -1.47. The number of anilines is 1. The van der Waals surface area contributed by atoms with Gasteiger partial charge in [-0.05, 0) is 42.5 Å². The summed E-state index contributed by atoms with van der Waals surface area (Å²) in [6.07, 6.45) is -6.43. The minimum atomic E-state index is -5.06. The van der Waals surface area contributed by atoms with Crippen molar-refractivity contribution < 1.29 is 35.5 Å². The Balaban J connectivity index is 1.46. The molecule has 3 aromatic heterocycles. The molecular formula is C30H30F7N7O3Si. The van der Waals surface area contributed by atoms with E-state index in [4.69, 9.17) is 4.74 Å². The monoisotopic (exact) mass is 697 g/mol. The van der Waals surface area contributed by atoms with Gasteiger partial charge in [0.05, 0.1) is 34.5 Å². The van der Waals surface area contributed by atoms with Crippen molar-refractivity contribution in [3.63, 3.8) is 0 Å². The summed E-state index contributed by atoms with van der Waals surface area (Å²) in [5, 5.41) is 16.0. The smallest absolute Gasteiger partial charge is 0.368 e. The number of nitrogens with zero attached hydrogens (tertiary/aromatic N) is 6. The molecule has 4 aromatic rings.